The van der Waals surface area contributed by atoms with Crippen molar-refractivity contribution in [1.29, 1.82) is 0 Å². The van der Waals surface area contributed by atoms with E-state index in [0.717, 1.165) is 42.4 Å². The fourth-order valence-corrected chi connectivity index (χ4v) is 3.55. The van der Waals surface area contributed by atoms with E-state index >= 15 is 0 Å². The Hall–Kier alpha value is -3.20. The van der Waals surface area contributed by atoms with Crippen LogP contribution in [0.15, 0.2) is 54.9 Å². The fraction of sp³-hybridized carbons (Fsp3) is 0.286. The number of carbonyl (C=O) groups is 1. The molecular weight excluding hydrogens is 395 g/mol. The van der Waals surface area contributed by atoms with Crippen LogP contribution in [0.2, 0.25) is 0 Å². The summed E-state index contributed by atoms with van der Waals surface area (Å²) in [4.78, 5) is 16.6. The molecule has 0 atom stereocenters. The summed E-state index contributed by atoms with van der Waals surface area (Å²) < 4.78 is 41.3. The van der Waals surface area contributed by atoms with Crippen molar-refractivity contribution in [3.63, 3.8) is 0 Å². The van der Waals surface area contributed by atoms with Crippen molar-refractivity contribution in [1.82, 2.24) is 20.1 Å². The molecule has 0 saturated carbocycles. The van der Waals surface area contributed by atoms with E-state index < -0.39 is 23.3 Å². The summed E-state index contributed by atoms with van der Waals surface area (Å²) in [6, 6.07) is 12.0. The van der Waals surface area contributed by atoms with E-state index in [-0.39, 0.29) is 5.82 Å². The molecule has 2 N–H and O–H groups in total. The Labute approximate surface area is 171 Å². The Kier molecular flexibility index (Phi) is 5.54. The van der Waals surface area contributed by atoms with Crippen LogP contribution < -0.4 is 10.6 Å². The smallest absolute Gasteiger partial charge is 0.322 e. The molecule has 0 spiro atoms. The van der Waals surface area contributed by atoms with E-state index in [1.807, 2.05) is 12.1 Å². The third-order valence-corrected chi connectivity index (χ3v) is 5.09. The minimum atomic E-state index is -4.77. The molecule has 3 aromatic rings. The first-order chi connectivity index (χ1) is 14.4. The third-order valence-electron chi connectivity index (χ3n) is 5.09. The van der Waals surface area contributed by atoms with E-state index in [1.54, 1.807) is 24.3 Å². The molecule has 156 valence electrons. The lowest BCUT2D eigenvalue weighted by Crippen LogP contribution is -2.26. The predicted octanol–water partition coefficient (Wildman–Crippen LogP) is 4.01. The SMILES string of the molecule is O=C(Nc1ccc(C2CCNCC2)cc1)c1cn(-c2ccccn2)nc1C(F)(F)F. The highest BCUT2D eigenvalue weighted by molar-refractivity contribution is 6.05. The maximum atomic E-state index is 13.5. The van der Waals surface area contributed by atoms with Gasteiger partial charge in [0.2, 0.25) is 0 Å². The van der Waals surface area contributed by atoms with Crippen LogP contribution in [0.3, 0.4) is 0 Å². The van der Waals surface area contributed by atoms with Crippen LogP contribution in [0.25, 0.3) is 5.82 Å². The standard InChI is InChI=1S/C21H20F3N5O/c22-21(23,24)19-17(13-29(28-19)18-3-1-2-10-26-18)20(30)27-16-6-4-14(5-7-16)15-8-11-25-12-9-15/h1-7,10,13,15,25H,8-9,11-12H2,(H,27,30). The fourth-order valence-electron chi connectivity index (χ4n) is 3.55. The van der Waals surface area contributed by atoms with Crippen LogP contribution in [-0.2, 0) is 6.18 Å². The molecule has 1 amide bonds. The molecule has 4 rings (SSSR count). The average molecular weight is 415 g/mol. The maximum Gasteiger partial charge on any atom is 0.435 e. The van der Waals surface area contributed by atoms with Crippen LogP contribution in [0.4, 0.5) is 18.9 Å². The summed E-state index contributed by atoms with van der Waals surface area (Å²) in [5.74, 6) is -0.239. The number of piperidine rings is 1. The number of amides is 1. The number of benzene rings is 1. The van der Waals surface area contributed by atoms with E-state index in [4.69, 9.17) is 0 Å². The van der Waals surface area contributed by atoms with E-state index in [0.29, 0.717) is 11.6 Å². The lowest BCUT2D eigenvalue weighted by molar-refractivity contribution is -0.141. The summed E-state index contributed by atoms with van der Waals surface area (Å²) in [5.41, 5.74) is -0.225. The number of rotatable bonds is 4. The molecular formula is C21H20F3N5O. The topological polar surface area (TPSA) is 71.8 Å². The van der Waals surface area contributed by atoms with Gasteiger partial charge in [0.15, 0.2) is 11.5 Å². The van der Waals surface area contributed by atoms with Gasteiger partial charge in [-0.25, -0.2) is 9.67 Å². The Morgan fingerprint density at radius 2 is 1.83 bits per heavy atom. The normalized spacial score (nSPS) is 15.2. The van der Waals surface area contributed by atoms with Gasteiger partial charge in [-0.05, 0) is 61.7 Å². The molecule has 0 radical (unpaired) electrons. The summed E-state index contributed by atoms with van der Waals surface area (Å²) in [5, 5.41) is 9.40. The monoisotopic (exact) mass is 415 g/mol. The lowest BCUT2D eigenvalue weighted by Gasteiger charge is -2.23. The van der Waals surface area contributed by atoms with Gasteiger partial charge in [-0.3, -0.25) is 4.79 Å². The number of nitrogens with one attached hydrogen (secondary N) is 2. The van der Waals surface area contributed by atoms with E-state index in [2.05, 4.69) is 20.7 Å². The van der Waals surface area contributed by atoms with Crippen LogP contribution in [0, 0.1) is 0 Å². The molecule has 1 fully saturated rings. The van der Waals surface area contributed by atoms with Crippen LogP contribution in [-0.4, -0.2) is 33.8 Å². The molecule has 9 heteroatoms. The van der Waals surface area contributed by atoms with Crippen LogP contribution in [0.5, 0.6) is 0 Å². The number of pyridine rings is 1. The van der Waals surface area contributed by atoms with Gasteiger partial charge in [0, 0.05) is 18.1 Å². The van der Waals surface area contributed by atoms with Crippen LogP contribution >= 0.6 is 0 Å². The number of halogens is 3. The van der Waals surface area contributed by atoms with E-state index in [9.17, 15) is 18.0 Å². The summed E-state index contributed by atoms with van der Waals surface area (Å²) in [6.45, 7) is 1.92. The number of hydrogen-bond donors (Lipinski definition) is 2. The molecule has 30 heavy (non-hydrogen) atoms. The number of carbonyl (C=O) groups excluding carboxylic acids is 1. The van der Waals surface area contributed by atoms with Crippen molar-refractivity contribution in [2.75, 3.05) is 18.4 Å². The Morgan fingerprint density at radius 3 is 2.47 bits per heavy atom. The maximum absolute atomic E-state index is 13.5. The average Bonchev–Trinajstić information content (AvgIpc) is 3.22. The minimum absolute atomic E-state index is 0.188. The van der Waals surface area contributed by atoms with Gasteiger partial charge < -0.3 is 10.6 Å². The number of hydrogen-bond acceptors (Lipinski definition) is 4. The van der Waals surface area contributed by atoms with Crippen molar-refractivity contribution >= 4 is 11.6 Å². The molecule has 6 nitrogen and oxygen atoms in total. The Bertz CT molecular complexity index is 1010. The van der Waals surface area contributed by atoms with Gasteiger partial charge in [-0.2, -0.15) is 18.3 Å². The molecule has 0 unspecified atom stereocenters. The number of anilines is 1. The second kappa shape index (κ2) is 8.27. The van der Waals surface area contributed by atoms with Crippen molar-refractivity contribution in [3.05, 3.63) is 71.7 Å². The Balaban J connectivity index is 1.56. The van der Waals surface area contributed by atoms with E-state index in [1.165, 1.54) is 12.3 Å². The highest BCUT2D eigenvalue weighted by atomic mass is 19.4. The summed E-state index contributed by atoms with van der Waals surface area (Å²) >= 11 is 0. The first-order valence-corrected chi connectivity index (χ1v) is 9.62. The van der Waals surface area contributed by atoms with Crippen molar-refractivity contribution in [2.45, 2.75) is 24.9 Å². The first kappa shape index (κ1) is 20.1. The quantitative estimate of drug-likeness (QED) is 0.676. The number of aromatic nitrogens is 3. The van der Waals surface area contributed by atoms with Gasteiger partial charge in [0.05, 0.1) is 5.56 Å². The summed E-state index contributed by atoms with van der Waals surface area (Å²) in [6.07, 6.45) is -0.218. The van der Waals surface area contributed by atoms with Gasteiger partial charge in [0.1, 0.15) is 0 Å². The van der Waals surface area contributed by atoms with Gasteiger partial charge in [-0.1, -0.05) is 18.2 Å². The molecule has 1 aromatic carbocycles. The lowest BCUT2D eigenvalue weighted by atomic mass is 9.90. The highest BCUT2D eigenvalue weighted by Gasteiger charge is 2.39. The molecule has 1 saturated heterocycles. The van der Waals surface area contributed by atoms with Crippen LogP contribution in [0.1, 0.15) is 40.4 Å². The number of nitrogens with zero attached hydrogens (tertiary/aromatic N) is 3. The molecule has 1 aliphatic heterocycles. The van der Waals surface area contributed by atoms with Gasteiger partial charge in [0.25, 0.3) is 5.91 Å². The Morgan fingerprint density at radius 1 is 1.10 bits per heavy atom. The van der Waals surface area contributed by atoms with Gasteiger partial charge >= 0.3 is 6.18 Å². The second-order valence-electron chi connectivity index (χ2n) is 7.12. The zero-order chi connectivity index (χ0) is 21.1. The van der Waals surface area contributed by atoms with Gasteiger partial charge in [-0.15, -0.1) is 0 Å². The molecule has 3 heterocycles. The summed E-state index contributed by atoms with van der Waals surface area (Å²) in [7, 11) is 0. The molecule has 0 bridgehead atoms. The predicted molar refractivity (Wildman–Crippen MR) is 106 cm³/mol. The van der Waals surface area contributed by atoms with Crippen molar-refractivity contribution in [2.24, 2.45) is 0 Å². The third kappa shape index (κ3) is 4.35. The van der Waals surface area contributed by atoms with Crippen molar-refractivity contribution in [3.8, 4) is 5.82 Å². The van der Waals surface area contributed by atoms with Crippen molar-refractivity contribution < 1.29 is 18.0 Å². The molecule has 0 aliphatic carbocycles. The molecule has 2 aromatic heterocycles. The molecule has 1 aliphatic rings. The highest BCUT2D eigenvalue weighted by Crippen LogP contribution is 2.32. The largest absolute Gasteiger partial charge is 0.435 e. The second-order valence-corrected chi connectivity index (χ2v) is 7.12. The number of alkyl halides is 3. The first-order valence-electron chi connectivity index (χ1n) is 9.62. The zero-order valence-electron chi connectivity index (χ0n) is 16.0. The minimum Gasteiger partial charge on any atom is -0.322 e. The zero-order valence-corrected chi connectivity index (χ0v) is 16.0.